The van der Waals surface area contributed by atoms with Gasteiger partial charge in [0.1, 0.15) is 5.75 Å². The van der Waals surface area contributed by atoms with E-state index in [2.05, 4.69) is 10.3 Å². The van der Waals surface area contributed by atoms with Crippen LogP contribution in [0.15, 0.2) is 47.4 Å². The number of H-pyrrole nitrogens is 1. The average Bonchev–Trinajstić information content (AvgIpc) is 3.01. The number of rotatable bonds is 4. The minimum Gasteiger partial charge on any atom is -0.490 e. The third-order valence-corrected chi connectivity index (χ3v) is 3.74. The Bertz CT molecular complexity index is 697. The zero-order valence-corrected chi connectivity index (χ0v) is 12.2. The highest BCUT2D eigenvalue weighted by Gasteiger charge is 2.16. The average molecular weight is 298 g/mol. The monoisotopic (exact) mass is 298 g/mol. The Morgan fingerprint density at radius 3 is 2.73 bits per heavy atom. The maximum atomic E-state index is 12.1. The predicted octanol–water partition coefficient (Wildman–Crippen LogP) is 2.95. The summed E-state index contributed by atoms with van der Waals surface area (Å²) in [6.45, 7) is 0. The van der Waals surface area contributed by atoms with Crippen molar-refractivity contribution in [3.05, 3.63) is 58.5 Å². The molecule has 0 saturated heterocycles. The molecule has 1 aromatic heterocycles. The summed E-state index contributed by atoms with van der Waals surface area (Å²) in [5.74, 6) is 0.500. The van der Waals surface area contributed by atoms with Crippen molar-refractivity contribution >= 4 is 11.6 Å². The number of carbonyl (C=O) groups is 1. The molecule has 22 heavy (non-hydrogen) atoms. The number of ether oxygens (including phenoxy) is 1. The summed E-state index contributed by atoms with van der Waals surface area (Å²) in [5.41, 5.74) is 0.844. The van der Waals surface area contributed by atoms with E-state index in [1.807, 2.05) is 24.3 Å². The van der Waals surface area contributed by atoms with Crippen LogP contribution < -0.4 is 15.6 Å². The first-order valence-electron chi connectivity index (χ1n) is 7.47. The van der Waals surface area contributed by atoms with Crippen LogP contribution in [0.3, 0.4) is 0 Å². The lowest BCUT2D eigenvalue weighted by atomic mass is 10.2. The van der Waals surface area contributed by atoms with Crippen molar-refractivity contribution in [1.82, 2.24) is 4.98 Å². The molecule has 5 heteroatoms. The molecule has 0 bridgehead atoms. The van der Waals surface area contributed by atoms with Crippen LogP contribution in [0.2, 0.25) is 0 Å². The van der Waals surface area contributed by atoms with E-state index in [0.29, 0.717) is 11.3 Å². The number of benzene rings is 1. The zero-order valence-electron chi connectivity index (χ0n) is 12.2. The molecule has 1 aliphatic carbocycles. The molecule has 3 rings (SSSR count). The van der Waals surface area contributed by atoms with Gasteiger partial charge in [-0.25, -0.2) is 0 Å². The van der Waals surface area contributed by atoms with E-state index in [-0.39, 0.29) is 17.6 Å². The normalized spacial score (nSPS) is 14.7. The first kappa shape index (κ1) is 14.4. The molecular weight excluding hydrogens is 280 g/mol. The second kappa shape index (κ2) is 6.47. The van der Waals surface area contributed by atoms with Crippen molar-refractivity contribution in [1.29, 1.82) is 0 Å². The van der Waals surface area contributed by atoms with Gasteiger partial charge in [-0.3, -0.25) is 9.59 Å². The van der Waals surface area contributed by atoms with Crippen LogP contribution >= 0.6 is 0 Å². The molecule has 1 heterocycles. The predicted molar refractivity (Wildman–Crippen MR) is 84.3 cm³/mol. The van der Waals surface area contributed by atoms with Crippen molar-refractivity contribution in [3.8, 4) is 5.75 Å². The summed E-state index contributed by atoms with van der Waals surface area (Å²) in [4.78, 5) is 25.6. The van der Waals surface area contributed by atoms with Crippen molar-refractivity contribution < 1.29 is 9.53 Å². The zero-order chi connectivity index (χ0) is 15.4. The molecule has 1 saturated carbocycles. The third-order valence-electron chi connectivity index (χ3n) is 3.74. The van der Waals surface area contributed by atoms with E-state index in [9.17, 15) is 9.59 Å². The minimum atomic E-state index is -0.269. The van der Waals surface area contributed by atoms with Crippen LogP contribution in [0.4, 0.5) is 5.69 Å². The molecule has 2 aromatic rings. The quantitative estimate of drug-likeness (QED) is 0.911. The molecule has 0 spiro atoms. The second-order valence-electron chi connectivity index (χ2n) is 5.45. The van der Waals surface area contributed by atoms with E-state index < -0.39 is 0 Å². The molecule has 0 aliphatic heterocycles. The van der Waals surface area contributed by atoms with Gasteiger partial charge in [-0.1, -0.05) is 6.07 Å². The van der Waals surface area contributed by atoms with E-state index in [0.717, 1.165) is 18.6 Å². The lowest BCUT2D eigenvalue weighted by molar-refractivity contribution is 0.102. The highest BCUT2D eigenvalue weighted by atomic mass is 16.5. The number of aromatic nitrogens is 1. The van der Waals surface area contributed by atoms with Crippen molar-refractivity contribution in [2.24, 2.45) is 0 Å². The topological polar surface area (TPSA) is 71.2 Å². The molecule has 2 N–H and O–H groups in total. The second-order valence-corrected chi connectivity index (χ2v) is 5.45. The Morgan fingerprint density at radius 2 is 2.00 bits per heavy atom. The largest absolute Gasteiger partial charge is 0.490 e. The molecule has 1 amide bonds. The number of pyridine rings is 1. The lowest BCUT2D eigenvalue weighted by Crippen LogP contribution is -2.15. The van der Waals surface area contributed by atoms with E-state index in [4.69, 9.17) is 4.74 Å². The molecule has 0 radical (unpaired) electrons. The van der Waals surface area contributed by atoms with Gasteiger partial charge in [0.25, 0.3) is 5.91 Å². The molecule has 114 valence electrons. The molecule has 1 aliphatic rings. The number of carbonyl (C=O) groups excluding carboxylic acids is 1. The van der Waals surface area contributed by atoms with E-state index in [1.165, 1.54) is 31.2 Å². The van der Waals surface area contributed by atoms with Gasteiger partial charge >= 0.3 is 0 Å². The Kier molecular flexibility index (Phi) is 4.23. The van der Waals surface area contributed by atoms with Gasteiger partial charge in [0.05, 0.1) is 11.7 Å². The summed E-state index contributed by atoms with van der Waals surface area (Å²) in [7, 11) is 0. The molecule has 0 atom stereocenters. The summed E-state index contributed by atoms with van der Waals surface area (Å²) in [6.07, 6.45) is 6.30. The van der Waals surface area contributed by atoms with Crippen LogP contribution in [-0.2, 0) is 0 Å². The van der Waals surface area contributed by atoms with Crippen LogP contribution in [0.5, 0.6) is 5.75 Å². The molecule has 1 aromatic carbocycles. The standard InChI is InChI=1S/C17H18N2O3/c20-16-9-8-12(11-18-16)17(21)19-13-4-3-7-15(10-13)22-14-5-1-2-6-14/h3-4,7-11,14H,1-2,5-6H2,(H,18,20)(H,19,21). The fraction of sp³-hybridized carbons (Fsp3) is 0.294. The lowest BCUT2D eigenvalue weighted by Gasteiger charge is -2.14. The van der Waals surface area contributed by atoms with Gasteiger partial charge in [0, 0.05) is 24.0 Å². The van der Waals surface area contributed by atoms with Gasteiger partial charge in [-0.2, -0.15) is 0 Å². The Labute approximate surface area is 128 Å². The van der Waals surface area contributed by atoms with Crippen molar-refractivity contribution in [2.75, 3.05) is 5.32 Å². The number of hydrogen-bond donors (Lipinski definition) is 2. The van der Waals surface area contributed by atoms with Gasteiger partial charge in [-0.05, 0) is 43.9 Å². The van der Waals surface area contributed by atoms with Crippen LogP contribution in [0, 0.1) is 0 Å². The highest BCUT2D eigenvalue weighted by Crippen LogP contribution is 2.25. The summed E-state index contributed by atoms with van der Waals surface area (Å²) in [5, 5.41) is 2.80. The van der Waals surface area contributed by atoms with Crippen LogP contribution in [0.25, 0.3) is 0 Å². The van der Waals surface area contributed by atoms with Crippen LogP contribution in [0.1, 0.15) is 36.0 Å². The fourth-order valence-electron chi connectivity index (χ4n) is 2.60. The first-order chi connectivity index (χ1) is 10.7. The number of anilines is 1. The summed E-state index contributed by atoms with van der Waals surface area (Å²) >= 11 is 0. The minimum absolute atomic E-state index is 0.233. The fourth-order valence-corrected chi connectivity index (χ4v) is 2.60. The molecular formula is C17H18N2O3. The Morgan fingerprint density at radius 1 is 1.18 bits per heavy atom. The SMILES string of the molecule is O=C(Nc1cccc(OC2CCCC2)c1)c1ccc(=O)[nH]c1. The van der Waals surface area contributed by atoms with Crippen molar-refractivity contribution in [2.45, 2.75) is 31.8 Å². The maximum absolute atomic E-state index is 12.1. The first-order valence-corrected chi connectivity index (χ1v) is 7.47. The molecule has 1 fully saturated rings. The van der Waals surface area contributed by atoms with Gasteiger partial charge in [-0.15, -0.1) is 0 Å². The number of amides is 1. The summed E-state index contributed by atoms with van der Waals surface area (Å²) in [6, 6.07) is 10.2. The van der Waals surface area contributed by atoms with E-state index >= 15 is 0 Å². The molecule has 5 nitrogen and oxygen atoms in total. The van der Waals surface area contributed by atoms with E-state index in [1.54, 1.807) is 0 Å². The van der Waals surface area contributed by atoms with Gasteiger partial charge in [0.15, 0.2) is 0 Å². The third kappa shape index (κ3) is 3.55. The number of nitrogens with one attached hydrogen (secondary N) is 2. The van der Waals surface area contributed by atoms with Gasteiger partial charge < -0.3 is 15.0 Å². The Balaban J connectivity index is 1.67. The highest BCUT2D eigenvalue weighted by molar-refractivity contribution is 6.04. The van der Waals surface area contributed by atoms with Gasteiger partial charge in [0.2, 0.25) is 5.56 Å². The Hall–Kier alpha value is -2.56. The smallest absolute Gasteiger partial charge is 0.257 e. The number of aromatic amines is 1. The number of hydrogen-bond acceptors (Lipinski definition) is 3. The summed E-state index contributed by atoms with van der Waals surface area (Å²) < 4.78 is 5.92. The van der Waals surface area contributed by atoms with Crippen LogP contribution in [-0.4, -0.2) is 17.0 Å². The molecule has 0 unspecified atom stereocenters. The van der Waals surface area contributed by atoms with Crippen molar-refractivity contribution in [3.63, 3.8) is 0 Å². The maximum Gasteiger partial charge on any atom is 0.257 e.